The summed E-state index contributed by atoms with van der Waals surface area (Å²) in [6, 6.07) is 7.70. The number of amides is 2. The number of carboxylic acids is 1. The van der Waals surface area contributed by atoms with Crippen LogP contribution in [0.1, 0.15) is 37.7 Å². The third-order valence-corrected chi connectivity index (χ3v) is 5.84. The van der Waals surface area contributed by atoms with Gasteiger partial charge in [0.05, 0.1) is 11.3 Å². The van der Waals surface area contributed by atoms with Crippen LogP contribution in [0.2, 0.25) is 0 Å². The van der Waals surface area contributed by atoms with E-state index in [9.17, 15) is 14.4 Å². The minimum absolute atomic E-state index is 0.0757. The van der Waals surface area contributed by atoms with Crippen molar-refractivity contribution in [3.63, 3.8) is 0 Å². The first-order valence-corrected chi connectivity index (χ1v) is 10.9. The quantitative estimate of drug-likeness (QED) is 0.298. The second-order valence-electron chi connectivity index (χ2n) is 6.19. The number of benzene rings is 1. The molecule has 1 aromatic carbocycles. The molecule has 1 aliphatic rings. The van der Waals surface area contributed by atoms with Gasteiger partial charge in [-0.1, -0.05) is 58.5 Å². The van der Waals surface area contributed by atoms with Crippen molar-refractivity contribution in [1.29, 1.82) is 0 Å². The van der Waals surface area contributed by atoms with Gasteiger partial charge in [0.25, 0.3) is 5.91 Å². The maximum absolute atomic E-state index is 12.6. The number of thiocarbonyl (C=S) groups is 1. The van der Waals surface area contributed by atoms with Crippen LogP contribution in [0, 0.1) is 0 Å². The average molecular weight is 485 g/mol. The monoisotopic (exact) mass is 484 g/mol. The maximum atomic E-state index is 12.6. The maximum Gasteiger partial charge on any atom is 0.305 e. The predicted molar refractivity (Wildman–Crippen MR) is 118 cm³/mol. The Kier molecular flexibility index (Phi) is 9.14. The molecule has 1 fully saturated rings. The number of aliphatic carboxylic acids is 1. The van der Waals surface area contributed by atoms with Crippen LogP contribution in [0.15, 0.2) is 33.6 Å². The van der Waals surface area contributed by atoms with E-state index in [4.69, 9.17) is 17.3 Å². The Bertz CT molecular complexity index is 798. The number of unbranched alkanes of at least 4 members (excludes halogenated alkanes) is 2. The number of nitrogens with zero attached hydrogens (tertiary/aromatic N) is 1. The molecule has 1 aromatic rings. The Morgan fingerprint density at radius 1 is 1.25 bits per heavy atom. The fourth-order valence-electron chi connectivity index (χ4n) is 2.57. The number of carboxylic acid groups (broad SMARTS) is 1. The van der Waals surface area contributed by atoms with Crippen LogP contribution in [-0.4, -0.2) is 45.2 Å². The first-order chi connectivity index (χ1) is 13.4. The van der Waals surface area contributed by atoms with Crippen LogP contribution < -0.4 is 5.32 Å². The lowest BCUT2D eigenvalue weighted by atomic mass is 10.1. The molecule has 1 saturated heterocycles. The number of thioether (sulfide) groups is 1. The minimum Gasteiger partial charge on any atom is -0.481 e. The van der Waals surface area contributed by atoms with Gasteiger partial charge in [-0.15, -0.1) is 0 Å². The van der Waals surface area contributed by atoms with Crippen LogP contribution >= 0.6 is 39.9 Å². The Labute approximate surface area is 181 Å². The van der Waals surface area contributed by atoms with E-state index < -0.39 is 5.97 Å². The van der Waals surface area contributed by atoms with Gasteiger partial charge in [-0.2, -0.15) is 0 Å². The molecule has 6 nitrogen and oxygen atoms in total. The zero-order chi connectivity index (χ0) is 20.5. The van der Waals surface area contributed by atoms with Gasteiger partial charge < -0.3 is 10.4 Å². The molecular formula is C19H21BrN2O4S2. The third-order valence-electron chi connectivity index (χ3n) is 3.97. The average Bonchev–Trinajstić information content (AvgIpc) is 2.88. The summed E-state index contributed by atoms with van der Waals surface area (Å²) in [5.41, 5.74) is 0.934. The summed E-state index contributed by atoms with van der Waals surface area (Å²) in [5, 5.41) is 11.1. The molecule has 0 aromatic heterocycles. The highest BCUT2D eigenvalue weighted by Gasteiger charge is 2.31. The van der Waals surface area contributed by atoms with Gasteiger partial charge >= 0.3 is 5.97 Å². The minimum atomic E-state index is -0.933. The number of hydrogen-bond donors (Lipinski definition) is 2. The Morgan fingerprint density at radius 2 is 2.04 bits per heavy atom. The van der Waals surface area contributed by atoms with Gasteiger partial charge in [-0.05, 0) is 36.6 Å². The van der Waals surface area contributed by atoms with Gasteiger partial charge in [0.2, 0.25) is 5.91 Å². The van der Waals surface area contributed by atoms with E-state index in [0.29, 0.717) is 28.6 Å². The highest BCUT2D eigenvalue weighted by molar-refractivity contribution is 9.10. The van der Waals surface area contributed by atoms with Crippen LogP contribution in [0.25, 0.3) is 6.08 Å². The molecule has 9 heteroatoms. The fraction of sp³-hybridized carbons (Fsp3) is 0.368. The molecule has 0 aliphatic carbocycles. The van der Waals surface area contributed by atoms with Crippen LogP contribution in [0.4, 0.5) is 0 Å². The zero-order valence-electron chi connectivity index (χ0n) is 15.2. The van der Waals surface area contributed by atoms with Gasteiger partial charge in [-0.3, -0.25) is 19.3 Å². The van der Waals surface area contributed by atoms with Gasteiger partial charge in [-0.25, -0.2) is 0 Å². The molecule has 0 unspecified atom stereocenters. The molecule has 0 atom stereocenters. The summed E-state index contributed by atoms with van der Waals surface area (Å²) < 4.78 is 1.50. The van der Waals surface area contributed by atoms with E-state index in [1.807, 2.05) is 30.3 Å². The largest absolute Gasteiger partial charge is 0.481 e. The number of halogens is 1. The highest BCUT2D eigenvalue weighted by Crippen LogP contribution is 2.33. The molecule has 28 heavy (non-hydrogen) atoms. The van der Waals surface area contributed by atoms with Crippen molar-refractivity contribution in [2.45, 2.75) is 32.1 Å². The summed E-state index contributed by atoms with van der Waals surface area (Å²) >= 11 is 10.1. The first kappa shape index (κ1) is 22.6. The van der Waals surface area contributed by atoms with Crippen molar-refractivity contribution >= 4 is 68.1 Å². The lowest BCUT2D eigenvalue weighted by Crippen LogP contribution is -2.29. The van der Waals surface area contributed by atoms with Gasteiger partial charge in [0, 0.05) is 24.0 Å². The Hall–Kier alpha value is -1.71. The molecule has 0 bridgehead atoms. The van der Waals surface area contributed by atoms with Crippen molar-refractivity contribution in [2.75, 3.05) is 13.1 Å². The number of carbonyl (C=O) groups excluding carboxylic acids is 2. The number of nitrogens with one attached hydrogen (secondary N) is 1. The summed E-state index contributed by atoms with van der Waals surface area (Å²) in [5.74, 6) is -1.16. The summed E-state index contributed by atoms with van der Waals surface area (Å²) in [6.45, 7) is 0.677. The molecule has 0 radical (unpaired) electrons. The Balaban J connectivity index is 1.73. The van der Waals surface area contributed by atoms with Gasteiger partial charge in [0.1, 0.15) is 4.32 Å². The van der Waals surface area contributed by atoms with Crippen molar-refractivity contribution in [3.05, 3.63) is 39.2 Å². The number of hydrogen-bond acceptors (Lipinski definition) is 5. The molecular weight excluding hydrogens is 464 g/mol. The van der Waals surface area contributed by atoms with E-state index >= 15 is 0 Å². The first-order valence-electron chi connectivity index (χ1n) is 8.86. The predicted octanol–water partition coefficient (Wildman–Crippen LogP) is 3.80. The van der Waals surface area contributed by atoms with Crippen LogP contribution in [-0.2, 0) is 14.4 Å². The van der Waals surface area contributed by atoms with Crippen molar-refractivity contribution in [3.8, 4) is 0 Å². The van der Waals surface area contributed by atoms with Crippen molar-refractivity contribution in [1.82, 2.24) is 10.2 Å². The third kappa shape index (κ3) is 7.37. The zero-order valence-corrected chi connectivity index (χ0v) is 18.4. The molecule has 1 aliphatic heterocycles. The summed E-state index contributed by atoms with van der Waals surface area (Å²) in [4.78, 5) is 36.8. The fourth-order valence-corrected chi connectivity index (χ4v) is 4.30. The highest BCUT2D eigenvalue weighted by atomic mass is 79.9. The van der Waals surface area contributed by atoms with Crippen LogP contribution in [0.3, 0.4) is 0 Å². The molecule has 150 valence electrons. The van der Waals surface area contributed by atoms with E-state index in [2.05, 4.69) is 21.2 Å². The van der Waals surface area contributed by atoms with E-state index in [0.717, 1.165) is 22.9 Å². The normalized spacial score (nSPS) is 15.3. The van der Waals surface area contributed by atoms with E-state index in [1.165, 1.54) is 11.8 Å². The smallest absolute Gasteiger partial charge is 0.305 e. The molecule has 0 spiro atoms. The Morgan fingerprint density at radius 3 is 2.75 bits per heavy atom. The second kappa shape index (κ2) is 11.3. The molecule has 2 N–H and O–H groups in total. The van der Waals surface area contributed by atoms with Crippen molar-refractivity contribution < 1.29 is 19.5 Å². The van der Waals surface area contributed by atoms with Crippen molar-refractivity contribution in [2.24, 2.45) is 0 Å². The number of rotatable bonds is 10. The lowest BCUT2D eigenvalue weighted by Gasteiger charge is -2.14. The molecule has 0 saturated carbocycles. The molecule has 2 amide bonds. The topological polar surface area (TPSA) is 86.7 Å². The standard InChI is InChI=1S/C19H21BrN2O4S2/c20-14-6-4-5-13(11-14)12-15-18(26)22(19(27)28-15)10-3-1-2-7-16(23)21-9-8-17(24)25/h4-6,11-12H,1-3,7-10H2,(H,21,23)(H,24,25)/b15-12-. The lowest BCUT2D eigenvalue weighted by molar-refractivity contribution is -0.137. The molecule has 2 rings (SSSR count). The second-order valence-corrected chi connectivity index (χ2v) is 8.78. The summed E-state index contributed by atoms with van der Waals surface area (Å²) in [6.07, 6.45) is 4.33. The van der Waals surface area contributed by atoms with Crippen LogP contribution in [0.5, 0.6) is 0 Å². The summed E-state index contributed by atoms with van der Waals surface area (Å²) in [7, 11) is 0. The van der Waals surface area contributed by atoms with Gasteiger partial charge in [0.15, 0.2) is 0 Å². The SMILES string of the molecule is O=C(O)CCNC(=O)CCCCCN1C(=O)/C(=C/c2cccc(Br)c2)SC1=S. The molecule has 1 heterocycles. The van der Waals surface area contributed by atoms with E-state index in [-0.39, 0.29) is 24.8 Å². The number of carbonyl (C=O) groups is 3. The van der Waals surface area contributed by atoms with E-state index in [1.54, 1.807) is 4.90 Å².